The van der Waals surface area contributed by atoms with Crippen LogP contribution in [-0.2, 0) is 19.5 Å². The summed E-state index contributed by atoms with van der Waals surface area (Å²) in [5.41, 5.74) is 1.86. The SMILES string of the molecule is COc1ccccc1Cn1cnc2c1c(=O)n(CCc1ccccc1)c(=O)n2-c1ccc(F)cc1. The van der Waals surface area contributed by atoms with Gasteiger partial charge in [-0.2, -0.15) is 0 Å². The highest BCUT2D eigenvalue weighted by Gasteiger charge is 2.20. The minimum atomic E-state index is -0.521. The van der Waals surface area contributed by atoms with Crippen LogP contribution in [0.15, 0.2) is 94.8 Å². The predicted octanol–water partition coefficient (Wildman–Crippen LogP) is 3.79. The van der Waals surface area contributed by atoms with Crippen molar-refractivity contribution in [3.8, 4) is 11.4 Å². The first-order chi connectivity index (χ1) is 17.1. The van der Waals surface area contributed by atoms with Gasteiger partial charge in [0.2, 0.25) is 0 Å². The maximum atomic E-state index is 13.6. The molecule has 0 unspecified atom stereocenters. The molecule has 0 aliphatic heterocycles. The summed E-state index contributed by atoms with van der Waals surface area (Å²) >= 11 is 0. The third-order valence-electron chi connectivity index (χ3n) is 5.99. The van der Waals surface area contributed by atoms with Gasteiger partial charge in [-0.15, -0.1) is 0 Å². The number of fused-ring (bicyclic) bond motifs is 1. The summed E-state index contributed by atoms with van der Waals surface area (Å²) in [5, 5.41) is 0. The molecule has 0 aliphatic rings. The number of rotatable bonds is 7. The summed E-state index contributed by atoms with van der Waals surface area (Å²) in [4.78, 5) is 31.6. The van der Waals surface area contributed by atoms with Crippen LogP contribution in [0.5, 0.6) is 5.75 Å². The summed E-state index contributed by atoms with van der Waals surface area (Å²) in [6, 6.07) is 22.7. The summed E-state index contributed by atoms with van der Waals surface area (Å²) in [6.07, 6.45) is 2.05. The van der Waals surface area contributed by atoms with E-state index in [1.165, 1.54) is 33.4 Å². The number of hydrogen-bond donors (Lipinski definition) is 0. The molecule has 0 bridgehead atoms. The molecule has 2 aromatic heterocycles. The largest absolute Gasteiger partial charge is 0.496 e. The molecule has 0 amide bonds. The third kappa shape index (κ3) is 4.26. The molecule has 176 valence electrons. The topological polar surface area (TPSA) is 71.1 Å². The molecule has 0 saturated carbocycles. The predicted molar refractivity (Wildman–Crippen MR) is 132 cm³/mol. The van der Waals surface area contributed by atoms with Gasteiger partial charge in [0.25, 0.3) is 5.56 Å². The lowest BCUT2D eigenvalue weighted by Crippen LogP contribution is -2.40. The van der Waals surface area contributed by atoms with Gasteiger partial charge in [0.15, 0.2) is 11.2 Å². The van der Waals surface area contributed by atoms with Crippen LogP contribution in [0.1, 0.15) is 11.1 Å². The molecule has 0 N–H and O–H groups in total. The van der Waals surface area contributed by atoms with E-state index >= 15 is 0 Å². The molecule has 0 atom stereocenters. The molecule has 0 radical (unpaired) electrons. The molecule has 0 fully saturated rings. The van der Waals surface area contributed by atoms with Crippen molar-refractivity contribution in [2.75, 3.05) is 7.11 Å². The highest BCUT2D eigenvalue weighted by Crippen LogP contribution is 2.21. The Morgan fingerprint density at radius 3 is 2.37 bits per heavy atom. The number of methoxy groups -OCH3 is 1. The van der Waals surface area contributed by atoms with Gasteiger partial charge in [0.1, 0.15) is 11.6 Å². The number of imidazole rings is 1. The van der Waals surface area contributed by atoms with E-state index in [1.807, 2.05) is 54.6 Å². The van der Waals surface area contributed by atoms with Crippen LogP contribution in [0.4, 0.5) is 4.39 Å². The van der Waals surface area contributed by atoms with E-state index in [9.17, 15) is 14.0 Å². The van der Waals surface area contributed by atoms with Crippen LogP contribution < -0.4 is 16.0 Å². The van der Waals surface area contributed by atoms with Crippen molar-refractivity contribution in [1.82, 2.24) is 18.7 Å². The fraction of sp³-hybridized carbons (Fsp3) is 0.148. The van der Waals surface area contributed by atoms with Gasteiger partial charge in [-0.3, -0.25) is 9.36 Å². The fourth-order valence-electron chi connectivity index (χ4n) is 4.22. The van der Waals surface area contributed by atoms with Crippen molar-refractivity contribution in [3.63, 3.8) is 0 Å². The van der Waals surface area contributed by atoms with Gasteiger partial charge in [-0.1, -0.05) is 48.5 Å². The lowest BCUT2D eigenvalue weighted by atomic mass is 10.1. The first kappa shape index (κ1) is 22.3. The lowest BCUT2D eigenvalue weighted by molar-refractivity contribution is 0.408. The number of hydrogen-bond acceptors (Lipinski definition) is 4. The molecule has 2 heterocycles. The summed E-state index contributed by atoms with van der Waals surface area (Å²) in [6.45, 7) is 0.523. The number of para-hydroxylation sites is 1. The third-order valence-corrected chi connectivity index (χ3v) is 5.99. The zero-order chi connectivity index (χ0) is 24.4. The Kier molecular flexibility index (Phi) is 6.01. The van der Waals surface area contributed by atoms with E-state index in [-0.39, 0.29) is 17.7 Å². The molecule has 3 aromatic carbocycles. The van der Waals surface area contributed by atoms with Crippen molar-refractivity contribution in [2.24, 2.45) is 0 Å². The fourth-order valence-corrected chi connectivity index (χ4v) is 4.22. The van der Waals surface area contributed by atoms with Crippen molar-refractivity contribution in [3.05, 3.63) is 123 Å². The molecule has 5 aromatic rings. The van der Waals surface area contributed by atoms with E-state index < -0.39 is 17.1 Å². The van der Waals surface area contributed by atoms with Gasteiger partial charge < -0.3 is 9.30 Å². The quantitative estimate of drug-likeness (QED) is 0.363. The number of ether oxygens (including phenoxy) is 1. The number of nitrogens with zero attached hydrogens (tertiary/aromatic N) is 4. The Bertz CT molecular complexity index is 1600. The van der Waals surface area contributed by atoms with Crippen LogP contribution in [0.25, 0.3) is 16.9 Å². The first-order valence-corrected chi connectivity index (χ1v) is 11.2. The summed E-state index contributed by atoms with van der Waals surface area (Å²) < 4.78 is 23.4. The van der Waals surface area contributed by atoms with E-state index in [4.69, 9.17) is 4.74 Å². The van der Waals surface area contributed by atoms with Gasteiger partial charge in [0, 0.05) is 12.1 Å². The van der Waals surface area contributed by atoms with Crippen molar-refractivity contribution in [2.45, 2.75) is 19.5 Å². The van der Waals surface area contributed by atoms with Gasteiger partial charge >= 0.3 is 5.69 Å². The highest BCUT2D eigenvalue weighted by atomic mass is 19.1. The second-order valence-corrected chi connectivity index (χ2v) is 8.14. The Morgan fingerprint density at radius 2 is 1.63 bits per heavy atom. The lowest BCUT2D eigenvalue weighted by Gasteiger charge is -2.14. The van der Waals surface area contributed by atoms with Crippen molar-refractivity contribution >= 4 is 11.2 Å². The van der Waals surface area contributed by atoms with Gasteiger partial charge in [-0.25, -0.2) is 18.7 Å². The maximum absolute atomic E-state index is 13.6. The molecule has 35 heavy (non-hydrogen) atoms. The van der Waals surface area contributed by atoms with Crippen LogP contribution in [0.2, 0.25) is 0 Å². The summed E-state index contributed by atoms with van der Waals surface area (Å²) in [7, 11) is 1.59. The Morgan fingerprint density at radius 1 is 0.914 bits per heavy atom. The molecule has 7 nitrogen and oxygen atoms in total. The molecular weight excluding hydrogens is 447 g/mol. The standard InChI is InChI=1S/C27H23FN4O3/c1-35-23-10-6-5-9-20(23)17-30-18-29-25-24(30)26(33)31(16-15-19-7-3-2-4-8-19)27(34)32(25)22-13-11-21(28)12-14-22/h2-14,18H,15-17H2,1H3. The molecule has 8 heteroatoms. The van der Waals surface area contributed by atoms with E-state index in [2.05, 4.69) is 4.98 Å². The van der Waals surface area contributed by atoms with Crippen LogP contribution in [0, 0.1) is 5.82 Å². The number of aryl methyl sites for hydroxylation is 1. The highest BCUT2D eigenvalue weighted by molar-refractivity contribution is 5.72. The van der Waals surface area contributed by atoms with Crippen LogP contribution in [0.3, 0.4) is 0 Å². The Labute approximate surface area is 200 Å². The van der Waals surface area contributed by atoms with Crippen LogP contribution >= 0.6 is 0 Å². The van der Waals surface area contributed by atoms with E-state index in [0.717, 1.165) is 11.1 Å². The van der Waals surface area contributed by atoms with Crippen molar-refractivity contribution < 1.29 is 9.13 Å². The number of benzene rings is 3. The molecule has 5 rings (SSSR count). The Hall–Kier alpha value is -4.46. The van der Waals surface area contributed by atoms with Gasteiger partial charge in [0.05, 0.1) is 25.7 Å². The maximum Gasteiger partial charge on any atom is 0.337 e. The monoisotopic (exact) mass is 470 g/mol. The van der Waals surface area contributed by atoms with Gasteiger partial charge in [-0.05, 0) is 42.3 Å². The minimum Gasteiger partial charge on any atom is -0.496 e. The minimum absolute atomic E-state index is 0.193. The second kappa shape index (κ2) is 9.42. The average molecular weight is 471 g/mol. The Balaban J connectivity index is 1.69. The van der Waals surface area contributed by atoms with E-state index in [1.54, 1.807) is 18.0 Å². The average Bonchev–Trinajstić information content (AvgIpc) is 3.29. The second-order valence-electron chi connectivity index (χ2n) is 8.14. The summed E-state index contributed by atoms with van der Waals surface area (Å²) in [5.74, 6) is 0.266. The molecular formula is C27H23FN4O3. The number of halogens is 1. The van der Waals surface area contributed by atoms with Crippen molar-refractivity contribution in [1.29, 1.82) is 0 Å². The molecule has 0 saturated heterocycles. The smallest absolute Gasteiger partial charge is 0.337 e. The first-order valence-electron chi connectivity index (χ1n) is 11.2. The normalized spacial score (nSPS) is 11.1. The number of aromatic nitrogens is 4. The van der Waals surface area contributed by atoms with Crippen LogP contribution in [-0.4, -0.2) is 25.8 Å². The zero-order valence-electron chi connectivity index (χ0n) is 19.1. The molecule has 0 spiro atoms. The van der Waals surface area contributed by atoms with E-state index in [0.29, 0.717) is 24.4 Å². The zero-order valence-corrected chi connectivity index (χ0v) is 19.1. The molecule has 0 aliphatic carbocycles.